The van der Waals surface area contributed by atoms with E-state index in [1.165, 1.54) is 3.77 Å². The Bertz CT molecular complexity index is 1020. The Morgan fingerprint density at radius 3 is 1.43 bits per heavy atom. The lowest BCUT2D eigenvalue weighted by atomic mass is 10.1. The minimum atomic E-state index is -7.70. The highest BCUT2D eigenvalue weighted by atomic mass is 79.9. The molecule has 0 spiro atoms. The fourth-order valence-corrected chi connectivity index (χ4v) is 5.28. The van der Waals surface area contributed by atoms with Crippen LogP contribution in [0.3, 0.4) is 0 Å². The van der Waals surface area contributed by atoms with Crippen molar-refractivity contribution in [2.75, 3.05) is 0 Å². The van der Waals surface area contributed by atoms with E-state index in [1.54, 1.807) is 0 Å². The largest absolute Gasteiger partial charge is 0.519 e. The molecule has 0 amide bonds. The van der Waals surface area contributed by atoms with Crippen molar-refractivity contribution in [3.05, 3.63) is 28.7 Å². The standard InChI is InChI=1S/C11H4BrF12NO3S2/c12-5-1-3-6(4-2-5)29(26,25-30(27,28)11(22,23)24)10(20,21)8(15,16)7(13,14)9(17,18)19/h1-4H. The van der Waals surface area contributed by atoms with E-state index in [2.05, 4.69) is 15.9 Å². The normalized spacial score (nSPS) is 16.8. The third-order valence-electron chi connectivity index (χ3n) is 3.09. The quantitative estimate of drug-likeness (QED) is 0.437. The molecular formula is C11H4BrF12NO3S2. The van der Waals surface area contributed by atoms with Gasteiger partial charge in [-0.15, -0.1) is 0 Å². The van der Waals surface area contributed by atoms with E-state index in [-0.39, 0.29) is 16.6 Å². The van der Waals surface area contributed by atoms with Gasteiger partial charge in [-0.25, -0.2) is 4.21 Å². The van der Waals surface area contributed by atoms with Crippen LogP contribution in [-0.2, 0) is 19.8 Å². The Labute approximate surface area is 167 Å². The summed E-state index contributed by atoms with van der Waals surface area (Å²) in [6.45, 7) is 0. The van der Waals surface area contributed by atoms with Crippen molar-refractivity contribution in [1.29, 1.82) is 0 Å². The molecular weight excluding hydrogens is 566 g/mol. The molecule has 0 aliphatic rings. The molecule has 174 valence electrons. The van der Waals surface area contributed by atoms with Crippen LogP contribution in [0.4, 0.5) is 52.7 Å². The maximum absolute atomic E-state index is 14.2. The predicted molar refractivity (Wildman–Crippen MR) is 78.8 cm³/mol. The summed E-state index contributed by atoms with van der Waals surface area (Å²) in [6.07, 6.45) is -7.40. The Morgan fingerprint density at radius 1 is 0.700 bits per heavy atom. The molecule has 1 unspecified atom stereocenters. The number of halogens is 13. The Kier molecular flexibility index (Phi) is 6.63. The smallest absolute Gasteiger partial charge is 0.237 e. The zero-order valence-corrected chi connectivity index (χ0v) is 16.4. The van der Waals surface area contributed by atoms with E-state index in [9.17, 15) is 65.3 Å². The van der Waals surface area contributed by atoms with Crippen molar-refractivity contribution in [2.45, 2.75) is 33.7 Å². The van der Waals surface area contributed by atoms with Gasteiger partial charge >= 0.3 is 38.8 Å². The number of hydrogen-bond acceptors (Lipinski definition) is 3. The highest BCUT2D eigenvalue weighted by Gasteiger charge is 2.84. The maximum Gasteiger partial charge on any atom is 0.519 e. The summed E-state index contributed by atoms with van der Waals surface area (Å²) in [7, 11) is -14.5. The molecule has 0 aliphatic heterocycles. The number of hydrogen-bond donors (Lipinski definition) is 0. The van der Waals surface area contributed by atoms with Crippen LogP contribution in [0.2, 0.25) is 0 Å². The van der Waals surface area contributed by atoms with Gasteiger partial charge in [0.1, 0.15) is 0 Å². The molecule has 1 aromatic rings. The van der Waals surface area contributed by atoms with Gasteiger partial charge in [0, 0.05) is 4.47 Å². The number of nitrogens with zero attached hydrogens (tertiary/aromatic N) is 1. The Balaban J connectivity index is 4.11. The molecule has 4 nitrogen and oxygen atoms in total. The molecule has 1 aromatic carbocycles. The van der Waals surface area contributed by atoms with Gasteiger partial charge in [0.25, 0.3) is 0 Å². The number of rotatable bonds is 5. The van der Waals surface area contributed by atoms with E-state index >= 15 is 0 Å². The first-order valence-corrected chi connectivity index (χ1v) is 10.3. The summed E-state index contributed by atoms with van der Waals surface area (Å²) in [4.78, 5) is -2.00. The van der Waals surface area contributed by atoms with E-state index in [1.807, 2.05) is 0 Å². The summed E-state index contributed by atoms with van der Waals surface area (Å²) in [5.74, 6) is -15.4. The van der Waals surface area contributed by atoms with Gasteiger partial charge in [-0.05, 0) is 24.3 Å². The third-order valence-corrected chi connectivity index (χ3v) is 7.69. The zero-order chi connectivity index (χ0) is 24.2. The fraction of sp³-hybridized carbons (Fsp3) is 0.455. The first-order valence-electron chi connectivity index (χ1n) is 6.51. The van der Waals surface area contributed by atoms with Crippen molar-refractivity contribution in [3.8, 4) is 0 Å². The number of benzene rings is 1. The molecule has 1 rings (SSSR count). The minimum Gasteiger partial charge on any atom is -0.237 e. The van der Waals surface area contributed by atoms with Crippen LogP contribution in [0.5, 0.6) is 0 Å². The third kappa shape index (κ3) is 4.11. The summed E-state index contributed by atoms with van der Waals surface area (Å²) in [5, 5.41) is -7.27. The van der Waals surface area contributed by atoms with Crippen LogP contribution in [-0.4, -0.2) is 41.4 Å². The van der Waals surface area contributed by atoms with E-state index in [4.69, 9.17) is 0 Å². The van der Waals surface area contributed by atoms with Crippen molar-refractivity contribution in [2.24, 2.45) is 3.77 Å². The number of sulfonamides is 1. The second-order valence-electron chi connectivity index (χ2n) is 5.14. The van der Waals surface area contributed by atoms with Crippen LogP contribution in [0.1, 0.15) is 0 Å². The van der Waals surface area contributed by atoms with Crippen LogP contribution in [0.25, 0.3) is 0 Å². The molecule has 0 aliphatic carbocycles. The van der Waals surface area contributed by atoms with Gasteiger partial charge in [0.05, 0.1) is 4.90 Å². The molecule has 0 saturated heterocycles. The summed E-state index contributed by atoms with van der Waals surface area (Å²) in [5.41, 5.74) is -6.64. The molecule has 30 heavy (non-hydrogen) atoms. The number of alkyl halides is 12. The van der Waals surface area contributed by atoms with Gasteiger partial charge in [0.15, 0.2) is 9.73 Å². The van der Waals surface area contributed by atoms with Crippen molar-refractivity contribution >= 4 is 35.7 Å². The minimum absolute atomic E-state index is 0.0114. The van der Waals surface area contributed by atoms with Crippen molar-refractivity contribution in [3.63, 3.8) is 0 Å². The van der Waals surface area contributed by atoms with Crippen LogP contribution >= 0.6 is 15.9 Å². The lowest BCUT2D eigenvalue weighted by molar-refractivity contribution is -0.381. The molecule has 0 bridgehead atoms. The molecule has 0 N–H and O–H groups in total. The Morgan fingerprint density at radius 2 is 1.10 bits per heavy atom. The summed E-state index contributed by atoms with van der Waals surface area (Å²) < 4.78 is 192. The van der Waals surface area contributed by atoms with Crippen LogP contribution in [0.15, 0.2) is 37.4 Å². The van der Waals surface area contributed by atoms with Crippen molar-refractivity contribution < 1.29 is 65.3 Å². The molecule has 0 heterocycles. The van der Waals surface area contributed by atoms with Gasteiger partial charge in [-0.2, -0.15) is 61.1 Å². The highest BCUT2D eigenvalue weighted by molar-refractivity contribution is 9.10. The SMILES string of the molecule is O=S(=O)(N=S(=O)(c1ccc(Br)cc1)C(F)(F)C(F)(F)C(F)(F)C(F)(F)F)C(F)(F)F. The molecule has 0 aromatic heterocycles. The van der Waals surface area contributed by atoms with Gasteiger partial charge < -0.3 is 0 Å². The predicted octanol–water partition coefficient (Wildman–Crippen LogP) is 5.55. The summed E-state index contributed by atoms with van der Waals surface area (Å²) in [6, 6.07) is 1.05. The second kappa shape index (κ2) is 7.42. The average Bonchev–Trinajstić information content (AvgIpc) is 2.52. The molecule has 0 fully saturated rings. The van der Waals surface area contributed by atoms with Gasteiger partial charge in [0.2, 0.25) is 0 Å². The van der Waals surface area contributed by atoms with Gasteiger partial charge in [-0.1, -0.05) is 19.7 Å². The first-order chi connectivity index (χ1) is 13.0. The molecule has 0 radical (unpaired) electrons. The van der Waals surface area contributed by atoms with Crippen LogP contribution < -0.4 is 0 Å². The molecule has 1 atom stereocenters. The topological polar surface area (TPSA) is 63.6 Å². The van der Waals surface area contributed by atoms with Gasteiger partial charge in [-0.3, -0.25) is 0 Å². The van der Waals surface area contributed by atoms with E-state index in [0.717, 1.165) is 0 Å². The first kappa shape index (κ1) is 26.8. The lowest BCUT2D eigenvalue weighted by Crippen LogP contribution is -2.63. The zero-order valence-electron chi connectivity index (χ0n) is 13.2. The van der Waals surface area contributed by atoms with Crippen molar-refractivity contribution in [1.82, 2.24) is 0 Å². The molecule has 19 heteroatoms. The van der Waals surface area contributed by atoms with E-state index < -0.39 is 53.4 Å². The second-order valence-corrected chi connectivity index (χ2v) is 10.1. The average molecular weight is 570 g/mol. The van der Waals surface area contributed by atoms with Crippen LogP contribution in [0, 0.1) is 0 Å². The maximum atomic E-state index is 14.2. The highest BCUT2D eigenvalue weighted by Crippen LogP contribution is 2.56. The Hall–Kier alpha value is -1.24. The fourth-order valence-electron chi connectivity index (χ4n) is 1.57. The van der Waals surface area contributed by atoms with E-state index in [0.29, 0.717) is 12.1 Å². The summed E-state index contributed by atoms with van der Waals surface area (Å²) >= 11 is 2.63. The monoisotopic (exact) mass is 569 g/mol. The lowest BCUT2D eigenvalue weighted by Gasteiger charge is -2.34. The molecule has 0 saturated carbocycles.